The van der Waals surface area contributed by atoms with Gasteiger partial charge in [0.15, 0.2) is 0 Å². The van der Waals surface area contributed by atoms with Crippen LogP contribution in [0.25, 0.3) is 6.08 Å². The number of benzene rings is 1. The number of aryl methyl sites for hydroxylation is 1. The van der Waals surface area contributed by atoms with Gasteiger partial charge in [0.05, 0.1) is 16.1 Å². The number of fused-ring (bicyclic) bond motifs is 1. The molecule has 3 nitrogen and oxygen atoms in total. The number of carbonyl (C=O) groups is 1. The van der Waals surface area contributed by atoms with Crippen molar-refractivity contribution in [1.29, 1.82) is 0 Å². The summed E-state index contributed by atoms with van der Waals surface area (Å²) < 4.78 is 0. The fourth-order valence-corrected chi connectivity index (χ4v) is 4.04. The number of rotatable bonds is 4. The van der Waals surface area contributed by atoms with Gasteiger partial charge in [-0.3, -0.25) is 4.79 Å². The Morgan fingerprint density at radius 1 is 1.38 bits per heavy atom. The van der Waals surface area contributed by atoms with Crippen LogP contribution in [-0.4, -0.2) is 12.1 Å². The van der Waals surface area contributed by atoms with Crippen LogP contribution in [0.15, 0.2) is 46.5 Å². The minimum absolute atomic E-state index is 0.178. The number of hydrogen-bond donors (Lipinski definition) is 1. The number of hydrazone groups is 1. The van der Waals surface area contributed by atoms with E-state index in [0.717, 1.165) is 23.3 Å². The third kappa shape index (κ3) is 4.34. The van der Waals surface area contributed by atoms with Gasteiger partial charge in [-0.15, -0.1) is 11.3 Å². The Bertz CT molecular complexity index is 780. The number of allylic oxidation sites excluding steroid dienone is 1. The number of nitrogens with one attached hydrogen (secondary N) is 1. The first-order valence-corrected chi connectivity index (χ1v) is 9.18. The molecule has 1 amide bonds. The third-order valence-corrected chi connectivity index (χ3v) is 5.45. The summed E-state index contributed by atoms with van der Waals surface area (Å²) in [5.74, 6) is 0.519. The van der Waals surface area contributed by atoms with Crippen LogP contribution in [0.5, 0.6) is 0 Å². The largest absolute Gasteiger partial charge is 0.281 e. The van der Waals surface area contributed by atoms with Crippen LogP contribution in [0.1, 0.15) is 39.0 Å². The summed E-state index contributed by atoms with van der Waals surface area (Å²) in [5.41, 5.74) is 4.85. The smallest absolute Gasteiger partial charge is 0.266 e. The van der Waals surface area contributed by atoms with E-state index < -0.39 is 0 Å². The van der Waals surface area contributed by atoms with E-state index in [1.165, 1.54) is 23.1 Å². The van der Waals surface area contributed by atoms with Crippen molar-refractivity contribution < 1.29 is 4.79 Å². The molecule has 0 radical (unpaired) electrons. The number of amides is 1. The Labute approximate surface area is 151 Å². The molecule has 1 aliphatic rings. The molecule has 1 atom stereocenters. The van der Waals surface area contributed by atoms with Crippen molar-refractivity contribution in [2.24, 2.45) is 11.0 Å². The van der Waals surface area contributed by atoms with Gasteiger partial charge in [-0.2, -0.15) is 5.10 Å². The lowest BCUT2D eigenvalue weighted by atomic mass is 9.90. The predicted octanol–water partition coefficient (Wildman–Crippen LogP) is 4.87. The van der Waals surface area contributed by atoms with E-state index in [2.05, 4.69) is 17.5 Å². The van der Waals surface area contributed by atoms with Gasteiger partial charge < -0.3 is 0 Å². The van der Waals surface area contributed by atoms with Crippen molar-refractivity contribution in [3.8, 4) is 0 Å². The summed E-state index contributed by atoms with van der Waals surface area (Å²) >= 11 is 7.68. The van der Waals surface area contributed by atoms with Crippen molar-refractivity contribution >= 4 is 41.1 Å². The van der Waals surface area contributed by atoms with Crippen LogP contribution in [0.2, 0.25) is 0 Å². The zero-order chi connectivity index (χ0) is 16.9. The monoisotopic (exact) mass is 358 g/mol. The van der Waals surface area contributed by atoms with Crippen LogP contribution in [-0.2, 0) is 12.8 Å². The highest BCUT2D eigenvalue weighted by Crippen LogP contribution is 2.32. The molecule has 2 aromatic rings. The molecule has 1 aromatic carbocycles. The van der Waals surface area contributed by atoms with Crippen molar-refractivity contribution in [3.05, 3.63) is 62.3 Å². The maximum atomic E-state index is 12.2. The van der Waals surface area contributed by atoms with Crippen molar-refractivity contribution in [3.63, 3.8) is 0 Å². The number of nitrogens with zero attached hydrogens (tertiary/aromatic N) is 1. The highest BCUT2D eigenvalue weighted by Gasteiger charge is 2.20. The van der Waals surface area contributed by atoms with Gasteiger partial charge in [-0.25, -0.2) is 5.43 Å². The molecule has 5 heteroatoms. The van der Waals surface area contributed by atoms with Crippen molar-refractivity contribution in [2.45, 2.75) is 26.2 Å². The van der Waals surface area contributed by atoms with E-state index in [4.69, 9.17) is 11.6 Å². The molecule has 1 N–H and O–H groups in total. The third-order valence-electron chi connectivity index (χ3n) is 4.01. The average Bonchev–Trinajstić information content (AvgIpc) is 2.99. The minimum atomic E-state index is -0.178. The van der Waals surface area contributed by atoms with E-state index in [0.29, 0.717) is 11.0 Å². The summed E-state index contributed by atoms with van der Waals surface area (Å²) in [7, 11) is 0. The van der Waals surface area contributed by atoms with E-state index in [-0.39, 0.29) is 5.91 Å². The fourth-order valence-electron chi connectivity index (χ4n) is 2.77. The molecule has 0 aliphatic heterocycles. The van der Waals surface area contributed by atoms with Crippen molar-refractivity contribution in [1.82, 2.24) is 5.43 Å². The Balaban J connectivity index is 1.60. The molecule has 0 saturated carbocycles. The second-order valence-corrected chi connectivity index (χ2v) is 7.62. The molecule has 1 heterocycles. The van der Waals surface area contributed by atoms with E-state index in [1.54, 1.807) is 17.4 Å². The Morgan fingerprint density at radius 2 is 2.17 bits per heavy atom. The van der Waals surface area contributed by atoms with Gasteiger partial charge in [0.2, 0.25) is 0 Å². The quantitative estimate of drug-likeness (QED) is 0.615. The lowest BCUT2D eigenvalue weighted by Gasteiger charge is -2.16. The molecule has 24 heavy (non-hydrogen) atoms. The second-order valence-electron chi connectivity index (χ2n) is 6.05. The van der Waals surface area contributed by atoms with Gasteiger partial charge in [-0.05, 0) is 48.4 Å². The topological polar surface area (TPSA) is 41.5 Å². The fraction of sp³-hybridized carbons (Fsp3) is 0.263. The zero-order valence-electron chi connectivity index (χ0n) is 13.5. The van der Waals surface area contributed by atoms with Gasteiger partial charge in [-0.1, -0.05) is 48.9 Å². The normalized spacial score (nSPS) is 17.8. The number of halogens is 1. The van der Waals surface area contributed by atoms with Gasteiger partial charge in [0.1, 0.15) is 0 Å². The molecule has 0 fully saturated rings. The molecule has 0 spiro atoms. The summed E-state index contributed by atoms with van der Waals surface area (Å²) in [6.07, 6.45) is 6.58. The lowest BCUT2D eigenvalue weighted by Crippen LogP contribution is -2.16. The SMILES string of the molecule is C[C@@H]1CCc2sc(C(=O)N/N=C\C(Cl)=C\c3ccccc3)cc2C1. The second kappa shape index (κ2) is 7.77. The molecular weight excluding hydrogens is 340 g/mol. The summed E-state index contributed by atoms with van der Waals surface area (Å²) in [6.45, 7) is 2.26. The Morgan fingerprint density at radius 3 is 2.96 bits per heavy atom. The maximum absolute atomic E-state index is 12.2. The number of carbonyl (C=O) groups excluding carboxylic acids is 1. The van der Waals surface area contributed by atoms with E-state index in [9.17, 15) is 4.79 Å². The first kappa shape index (κ1) is 16.9. The van der Waals surface area contributed by atoms with Crippen LogP contribution < -0.4 is 5.43 Å². The zero-order valence-corrected chi connectivity index (χ0v) is 15.0. The van der Waals surface area contributed by atoms with Gasteiger partial charge >= 0.3 is 0 Å². The van der Waals surface area contributed by atoms with Crippen LogP contribution in [0.3, 0.4) is 0 Å². The van der Waals surface area contributed by atoms with E-state index >= 15 is 0 Å². The molecule has 1 aliphatic carbocycles. The highest BCUT2D eigenvalue weighted by molar-refractivity contribution is 7.14. The van der Waals surface area contributed by atoms with Gasteiger partial charge in [0, 0.05) is 4.88 Å². The summed E-state index contributed by atoms with van der Waals surface area (Å²) in [5, 5.41) is 4.41. The van der Waals surface area contributed by atoms with Crippen LogP contribution >= 0.6 is 22.9 Å². The lowest BCUT2D eigenvalue weighted by molar-refractivity contribution is 0.0959. The number of hydrogen-bond acceptors (Lipinski definition) is 3. The molecule has 0 saturated heterocycles. The molecule has 0 bridgehead atoms. The standard InChI is InChI=1S/C19H19ClN2OS/c1-13-7-8-17-15(9-13)11-18(24-17)19(23)22-21-12-16(20)10-14-5-3-2-4-6-14/h2-6,10-13H,7-9H2,1H3,(H,22,23)/b16-10-,21-12-/t13-/m1/s1. The maximum Gasteiger partial charge on any atom is 0.281 e. The van der Waals surface area contributed by atoms with E-state index in [1.807, 2.05) is 36.4 Å². The summed E-state index contributed by atoms with van der Waals surface area (Å²) in [6, 6.07) is 11.7. The molecule has 124 valence electrons. The molecule has 0 unspecified atom stereocenters. The first-order valence-electron chi connectivity index (χ1n) is 7.99. The first-order chi connectivity index (χ1) is 11.6. The van der Waals surface area contributed by atoms with Crippen LogP contribution in [0, 0.1) is 5.92 Å². The minimum Gasteiger partial charge on any atom is -0.266 e. The molecule has 1 aromatic heterocycles. The molecule has 3 rings (SSSR count). The van der Waals surface area contributed by atoms with Crippen LogP contribution in [0.4, 0.5) is 0 Å². The number of thiophene rings is 1. The van der Waals surface area contributed by atoms with Crippen molar-refractivity contribution in [2.75, 3.05) is 0 Å². The summed E-state index contributed by atoms with van der Waals surface area (Å²) in [4.78, 5) is 14.3. The predicted molar refractivity (Wildman–Crippen MR) is 102 cm³/mol. The molecular formula is C19H19ClN2OS. The Kier molecular flexibility index (Phi) is 5.48. The average molecular weight is 359 g/mol. The Hall–Kier alpha value is -1.91. The van der Waals surface area contributed by atoms with Gasteiger partial charge in [0.25, 0.3) is 5.91 Å². The highest BCUT2D eigenvalue weighted by atomic mass is 35.5.